The van der Waals surface area contributed by atoms with E-state index < -0.39 is 0 Å². The highest BCUT2D eigenvalue weighted by Crippen LogP contribution is 2.21. The van der Waals surface area contributed by atoms with E-state index in [0.717, 1.165) is 10.5 Å². The van der Waals surface area contributed by atoms with Crippen LogP contribution in [-0.4, -0.2) is 24.1 Å². The van der Waals surface area contributed by atoms with Crippen LogP contribution in [0.25, 0.3) is 10.2 Å². The van der Waals surface area contributed by atoms with Crippen molar-refractivity contribution < 1.29 is 9.53 Å². The molecule has 0 saturated carbocycles. The second-order valence-corrected chi connectivity index (χ2v) is 5.82. The van der Waals surface area contributed by atoms with Gasteiger partial charge in [0, 0.05) is 6.54 Å². The minimum atomic E-state index is -0.294. The number of ether oxygens (including phenoxy) is 1. The van der Waals surface area contributed by atoms with Crippen molar-refractivity contribution in [2.24, 2.45) is 5.92 Å². The summed E-state index contributed by atoms with van der Waals surface area (Å²) in [5, 5.41) is 4.20. The molecule has 0 aliphatic carbocycles. The molecule has 1 aromatic heterocycles. The van der Waals surface area contributed by atoms with Gasteiger partial charge in [0.05, 0.1) is 17.3 Å². The van der Waals surface area contributed by atoms with Crippen molar-refractivity contribution in [2.45, 2.75) is 26.4 Å². The lowest BCUT2D eigenvalue weighted by Gasteiger charge is -2.18. The Hall–Kier alpha value is -1.46. The van der Waals surface area contributed by atoms with E-state index >= 15 is 0 Å². The van der Waals surface area contributed by atoms with E-state index in [4.69, 9.17) is 4.74 Å². The SMILES string of the molecule is COC(=O)C(NCc1nc2ccccc2s1)C(C)C. The predicted octanol–water partition coefficient (Wildman–Crippen LogP) is 2.58. The largest absolute Gasteiger partial charge is 0.468 e. The maximum atomic E-state index is 11.6. The van der Waals surface area contributed by atoms with Gasteiger partial charge in [0.25, 0.3) is 0 Å². The Labute approximate surface area is 116 Å². The molecule has 5 heteroatoms. The lowest BCUT2D eigenvalue weighted by molar-refractivity contribution is -0.144. The van der Waals surface area contributed by atoms with Crippen LogP contribution in [-0.2, 0) is 16.1 Å². The highest BCUT2D eigenvalue weighted by atomic mass is 32.1. The number of para-hydroxylation sites is 1. The van der Waals surface area contributed by atoms with E-state index in [-0.39, 0.29) is 17.9 Å². The quantitative estimate of drug-likeness (QED) is 0.854. The number of benzene rings is 1. The molecule has 0 bridgehead atoms. The van der Waals surface area contributed by atoms with Gasteiger partial charge in [-0.3, -0.25) is 10.1 Å². The number of rotatable bonds is 5. The van der Waals surface area contributed by atoms with Crippen LogP contribution in [0.2, 0.25) is 0 Å². The fraction of sp³-hybridized carbons (Fsp3) is 0.429. The maximum Gasteiger partial charge on any atom is 0.323 e. The number of methoxy groups -OCH3 is 1. The van der Waals surface area contributed by atoms with Crippen LogP contribution < -0.4 is 5.32 Å². The lowest BCUT2D eigenvalue weighted by atomic mass is 10.1. The molecule has 2 rings (SSSR count). The summed E-state index contributed by atoms with van der Waals surface area (Å²) in [6, 6.07) is 7.73. The zero-order valence-electron chi connectivity index (χ0n) is 11.3. The molecule has 102 valence electrons. The second-order valence-electron chi connectivity index (χ2n) is 4.70. The predicted molar refractivity (Wildman–Crippen MR) is 77.1 cm³/mol. The van der Waals surface area contributed by atoms with Gasteiger partial charge >= 0.3 is 5.97 Å². The first-order valence-corrected chi connectivity index (χ1v) is 7.09. The van der Waals surface area contributed by atoms with Crippen molar-refractivity contribution in [3.8, 4) is 0 Å². The van der Waals surface area contributed by atoms with Crippen LogP contribution in [0.15, 0.2) is 24.3 Å². The zero-order valence-corrected chi connectivity index (χ0v) is 12.2. The molecule has 0 fully saturated rings. The molecular formula is C14H18N2O2S. The maximum absolute atomic E-state index is 11.6. The Bertz CT molecular complexity index is 532. The Kier molecular flexibility index (Phi) is 4.50. The van der Waals surface area contributed by atoms with E-state index in [9.17, 15) is 4.79 Å². The zero-order chi connectivity index (χ0) is 13.8. The van der Waals surface area contributed by atoms with E-state index in [1.165, 1.54) is 11.8 Å². The third-order valence-corrected chi connectivity index (χ3v) is 3.97. The Morgan fingerprint density at radius 3 is 2.79 bits per heavy atom. The van der Waals surface area contributed by atoms with Gasteiger partial charge in [-0.2, -0.15) is 0 Å². The molecule has 0 aliphatic heterocycles. The third kappa shape index (κ3) is 3.30. The third-order valence-electron chi connectivity index (χ3n) is 2.93. The summed E-state index contributed by atoms with van der Waals surface area (Å²) in [5.74, 6) is -0.0436. The number of hydrogen-bond donors (Lipinski definition) is 1. The average molecular weight is 278 g/mol. The highest BCUT2D eigenvalue weighted by Gasteiger charge is 2.22. The number of aromatic nitrogens is 1. The molecule has 1 atom stereocenters. The summed E-state index contributed by atoms with van der Waals surface area (Å²) in [7, 11) is 1.41. The Balaban J connectivity index is 2.06. The molecule has 1 aromatic carbocycles. The number of carbonyl (C=O) groups excluding carboxylic acids is 1. The Morgan fingerprint density at radius 1 is 1.42 bits per heavy atom. The number of nitrogens with zero attached hydrogens (tertiary/aromatic N) is 1. The average Bonchev–Trinajstić information content (AvgIpc) is 2.80. The van der Waals surface area contributed by atoms with Crippen molar-refractivity contribution in [3.05, 3.63) is 29.3 Å². The van der Waals surface area contributed by atoms with Gasteiger partial charge in [-0.05, 0) is 18.1 Å². The van der Waals surface area contributed by atoms with Crippen LogP contribution in [0.5, 0.6) is 0 Å². The number of hydrogen-bond acceptors (Lipinski definition) is 5. The lowest BCUT2D eigenvalue weighted by Crippen LogP contribution is -2.41. The summed E-state index contributed by atoms with van der Waals surface area (Å²) in [4.78, 5) is 16.2. The number of nitrogens with one attached hydrogen (secondary N) is 1. The molecule has 0 amide bonds. The van der Waals surface area contributed by atoms with Crippen LogP contribution >= 0.6 is 11.3 Å². The molecule has 0 aliphatic rings. The molecule has 0 spiro atoms. The minimum absolute atomic E-state index is 0.182. The van der Waals surface area contributed by atoms with Gasteiger partial charge in [-0.25, -0.2) is 4.98 Å². The summed E-state index contributed by atoms with van der Waals surface area (Å²) >= 11 is 1.64. The molecule has 1 N–H and O–H groups in total. The van der Waals surface area contributed by atoms with Crippen molar-refractivity contribution >= 4 is 27.5 Å². The number of fused-ring (bicyclic) bond motifs is 1. The van der Waals surface area contributed by atoms with Gasteiger partial charge < -0.3 is 4.74 Å². The van der Waals surface area contributed by atoms with E-state index in [2.05, 4.69) is 16.4 Å². The molecule has 1 unspecified atom stereocenters. The van der Waals surface area contributed by atoms with Gasteiger partial charge in [-0.15, -0.1) is 11.3 Å². The molecule has 0 saturated heterocycles. The monoisotopic (exact) mass is 278 g/mol. The molecular weight excluding hydrogens is 260 g/mol. The number of carbonyl (C=O) groups is 1. The normalized spacial score (nSPS) is 12.8. The first kappa shape index (κ1) is 14.0. The van der Waals surface area contributed by atoms with Crippen molar-refractivity contribution in [1.29, 1.82) is 0 Å². The first-order valence-electron chi connectivity index (χ1n) is 6.27. The Morgan fingerprint density at radius 2 is 2.16 bits per heavy atom. The summed E-state index contributed by atoms with van der Waals surface area (Å²) in [6.45, 7) is 4.57. The van der Waals surface area contributed by atoms with Crippen molar-refractivity contribution in [1.82, 2.24) is 10.3 Å². The minimum Gasteiger partial charge on any atom is -0.468 e. The molecule has 2 aromatic rings. The summed E-state index contributed by atoms with van der Waals surface area (Å²) < 4.78 is 5.97. The van der Waals surface area contributed by atoms with Crippen molar-refractivity contribution in [2.75, 3.05) is 7.11 Å². The molecule has 4 nitrogen and oxygen atoms in total. The summed E-state index contributed by atoms with van der Waals surface area (Å²) in [6.07, 6.45) is 0. The summed E-state index contributed by atoms with van der Waals surface area (Å²) in [5.41, 5.74) is 1.00. The van der Waals surface area contributed by atoms with E-state index in [0.29, 0.717) is 6.54 Å². The second kappa shape index (κ2) is 6.12. The van der Waals surface area contributed by atoms with Gasteiger partial charge in [0.1, 0.15) is 11.0 Å². The van der Waals surface area contributed by atoms with Gasteiger partial charge in [-0.1, -0.05) is 26.0 Å². The van der Waals surface area contributed by atoms with E-state index in [1.54, 1.807) is 11.3 Å². The van der Waals surface area contributed by atoms with Gasteiger partial charge in [0.15, 0.2) is 0 Å². The fourth-order valence-corrected chi connectivity index (χ4v) is 2.83. The fourth-order valence-electron chi connectivity index (χ4n) is 1.91. The first-order chi connectivity index (χ1) is 9.11. The van der Waals surface area contributed by atoms with Crippen LogP contribution in [0, 0.1) is 5.92 Å². The molecule has 1 heterocycles. The number of esters is 1. The van der Waals surface area contributed by atoms with Gasteiger partial charge in [0.2, 0.25) is 0 Å². The highest BCUT2D eigenvalue weighted by molar-refractivity contribution is 7.18. The standard InChI is InChI=1S/C14H18N2O2S/c1-9(2)13(14(17)18-3)15-8-12-16-10-6-4-5-7-11(10)19-12/h4-7,9,13,15H,8H2,1-3H3. The topological polar surface area (TPSA) is 51.2 Å². The molecule has 19 heavy (non-hydrogen) atoms. The van der Waals surface area contributed by atoms with Crippen molar-refractivity contribution in [3.63, 3.8) is 0 Å². The molecule has 0 radical (unpaired) electrons. The van der Waals surface area contributed by atoms with Crippen LogP contribution in [0.3, 0.4) is 0 Å². The number of thiazole rings is 1. The van der Waals surface area contributed by atoms with Crippen LogP contribution in [0.4, 0.5) is 0 Å². The smallest absolute Gasteiger partial charge is 0.323 e. The van der Waals surface area contributed by atoms with E-state index in [1.807, 2.05) is 32.0 Å². The van der Waals surface area contributed by atoms with Crippen LogP contribution in [0.1, 0.15) is 18.9 Å².